The minimum absolute atomic E-state index is 0. The van der Waals surface area contributed by atoms with Crippen molar-refractivity contribution in [2.45, 2.75) is 53.2 Å². The minimum Gasteiger partial charge on any atom is -0.388 e. The second-order valence-electron chi connectivity index (χ2n) is 8.85. The van der Waals surface area contributed by atoms with Crippen LogP contribution in [0.5, 0.6) is 0 Å². The maximum atomic E-state index is 13.0. The summed E-state index contributed by atoms with van der Waals surface area (Å²) in [6.45, 7) is 9.73. The molecule has 2 aromatic carbocycles. The van der Waals surface area contributed by atoms with E-state index in [-0.39, 0.29) is 65.9 Å². The largest absolute Gasteiger partial charge is 0.388 e. The van der Waals surface area contributed by atoms with E-state index in [1.54, 1.807) is 12.1 Å². The topological polar surface area (TPSA) is 40.5 Å². The first kappa shape index (κ1) is 38.7. The quantitative estimate of drug-likeness (QED) is 0.248. The molecule has 2 N–H and O–H groups in total. The van der Waals surface area contributed by atoms with Crippen LogP contribution in [0.2, 0.25) is 0 Å². The zero-order valence-electron chi connectivity index (χ0n) is 19.2. The fourth-order valence-electron chi connectivity index (χ4n) is 3.18. The van der Waals surface area contributed by atoms with Gasteiger partial charge in [0.25, 0.3) is 0 Å². The summed E-state index contributed by atoms with van der Waals surface area (Å²) >= 11 is 11.1. The number of fused-ring (bicyclic) bond motifs is 1. The first-order valence-corrected chi connectivity index (χ1v) is 13.4. The van der Waals surface area contributed by atoms with Crippen molar-refractivity contribution in [3.8, 4) is 0 Å². The van der Waals surface area contributed by atoms with Crippen LogP contribution in [0.3, 0.4) is 0 Å². The number of rotatable bonds is 1. The molecule has 0 amide bonds. The van der Waals surface area contributed by atoms with Crippen LogP contribution in [-0.4, -0.2) is 10.2 Å². The minimum atomic E-state index is -0.674. The third kappa shape index (κ3) is 11.8. The van der Waals surface area contributed by atoms with Gasteiger partial charge >= 0.3 is 0 Å². The molecule has 0 heterocycles. The van der Waals surface area contributed by atoms with Crippen molar-refractivity contribution in [1.29, 1.82) is 0 Å². The predicted molar refractivity (Wildman–Crippen MR) is 139 cm³/mol. The van der Waals surface area contributed by atoms with E-state index >= 15 is 0 Å². The molecule has 180 valence electrons. The van der Waals surface area contributed by atoms with Crippen LogP contribution in [0, 0.1) is 22.5 Å². The SMILES string of the molecule is CC(C)(C)C(O)c1cc(F)ccc1Br.CC1(C)Cc2ccc(F)cc2C1O.P=S.P=S.[Ti].[Ti]. The van der Waals surface area contributed by atoms with E-state index in [0.29, 0.717) is 5.56 Å². The van der Waals surface area contributed by atoms with E-state index in [1.165, 1.54) is 24.3 Å². The smallest absolute Gasteiger partial charge is 0.123 e. The Morgan fingerprint density at radius 2 is 1.45 bits per heavy atom. The molecule has 2 atom stereocenters. The van der Waals surface area contributed by atoms with E-state index in [0.717, 1.165) is 22.0 Å². The fourth-order valence-corrected chi connectivity index (χ4v) is 3.64. The summed E-state index contributed by atoms with van der Waals surface area (Å²) in [5.41, 5.74) is 1.97. The van der Waals surface area contributed by atoms with Gasteiger partial charge in [-0.1, -0.05) is 80.2 Å². The summed E-state index contributed by atoms with van der Waals surface area (Å²) in [4.78, 5) is 0. The number of benzene rings is 2. The van der Waals surface area contributed by atoms with Crippen molar-refractivity contribution < 1.29 is 62.4 Å². The Morgan fingerprint density at radius 3 is 1.94 bits per heavy atom. The Bertz CT molecular complexity index is 873. The van der Waals surface area contributed by atoms with Gasteiger partial charge in [0.2, 0.25) is 0 Å². The molecule has 2 nitrogen and oxygen atoms in total. The summed E-state index contributed by atoms with van der Waals surface area (Å²) in [6.07, 6.45) is -0.380. The molecule has 1 aliphatic carbocycles. The summed E-state index contributed by atoms with van der Waals surface area (Å²) in [5, 5.41) is 19.8. The van der Waals surface area contributed by atoms with Crippen molar-refractivity contribution in [3.63, 3.8) is 0 Å². The summed E-state index contributed by atoms with van der Waals surface area (Å²) < 4.78 is 26.6. The Kier molecular flexibility index (Phi) is 20.6. The monoisotopic (exact) mass is 664 g/mol. The molecule has 0 bridgehead atoms. The van der Waals surface area contributed by atoms with Gasteiger partial charge in [0.15, 0.2) is 0 Å². The molecule has 0 aromatic heterocycles. The van der Waals surface area contributed by atoms with Gasteiger partial charge in [-0.15, -0.1) is 0 Å². The predicted octanol–water partition coefficient (Wildman–Crippen LogP) is 7.29. The standard InChI is InChI=1S/C11H14BrFO.C11H13FO.2HPS.2Ti/c1-11(2,3)10(14)8-6-7(13)4-5-9(8)12;1-11(2)6-7-3-4-8(12)5-9(7)10(11)13;2*1-2;;/h4-6,10,14H,1-3H3;3-5,10,13H,6H2,1-2H3;2*1H;;. The number of aliphatic hydroxyl groups is 2. The van der Waals surface area contributed by atoms with Crippen LogP contribution in [0.15, 0.2) is 40.9 Å². The van der Waals surface area contributed by atoms with Crippen LogP contribution in [0.1, 0.15) is 63.5 Å². The van der Waals surface area contributed by atoms with Crippen LogP contribution in [-0.2, 0) is 73.5 Å². The molecule has 2 unspecified atom stereocenters. The van der Waals surface area contributed by atoms with E-state index in [1.807, 2.05) is 34.6 Å². The molecule has 0 aliphatic heterocycles. The summed E-state index contributed by atoms with van der Waals surface area (Å²) in [6, 6.07) is 8.99. The molecule has 11 heteroatoms. The number of halogens is 3. The number of aliphatic hydroxyl groups excluding tert-OH is 2. The molecule has 0 saturated heterocycles. The normalized spacial score (nSPS) is 15.9. The maximum Gasteiger partial charge on any atom is 0.123 e. The molecule has 0 radical (unpaired) electrons. The third-order valence-electron chi connectivity index (χ3n) is 4.86. The van der Waals surface area contributed by atoms with Crippen LogP contribution >= 0.6 is 32.0 Å². The Morgan fingerprint density at radius 1 is 1.00 bits per heavy atom. The second-order valence-corrected chi connectivity index (χ2v) is 9.70. The van der Waals surface area contributed by atoms with E-state index in [4.69, 9.17) is 0 Å². The molecule has 33 heavy (non-hydrogen) atoms. The second kappa shape index (κ2) is 17.6. The van der Waals surface area contributed by atoms with Gasteiger partial charge < -0.3 is 10.2 Å². The average molecular weight is 665 g/mol. The molecule has 0 spiro atoms. The fraction of sp³-hybridized carbons (Fsp3) is 0.455. The van der Waals surface area contributed by atoms with Gasteiger partial charge in [-0.2, -0.15) is 0 Å². The van der Waals surface area contributed by atoms with Crippen molar-refractivity contribution in [1.82, 2.24) is 0 Å². The zero-order chi connectivity index (χ0) is 24.6. The molecule has 0 saturated carbocycles. The molecular weight excluding hydrogens is 636 g/mol. The van der Waals surface area contributed by atoms with Crippen molar-refractivity contribution in [2.75, 3.05) is 0 Å². The van der Waals surface area contributed by atoms with E-state index in [2.05, 4.69) is 55.6 Å². The summed E-state index contributed by atoms with van der Waals surface area (Å²) in [5.74, 6) is -0.595. The van der Waals surface area contributed by atoms with Crippen LogP contribution in [0.25, 0.3) is 0 Å². The molecular formula is C22H29BrF2O2P2S2Ti2. The van der Waals surface area contributed by atoms with Crippen molar-refractivity contribution in [3.05, 3.63) is 69.2 Å². The van der Waals surface area contributed by atoms with Crippen LogP contribution in [0.4, 0.5) is 8.78 Å². The van der Waals surface area contributed by atoms with E-state index < -0.39 is 12.2 Å². The van der Waals surface area contributed by atoms with Crippen molar-refractivity contribution in [2.24, 2.45) is 10.8 Å². The number of hydrogen-bond donors (Lipinski definition) is 2. The Hall–Kier alpha value is 1.17. The van der Waals surface area contributed by atoms with Gasteiger partial charge in [0.1, 0.15) is 11.6 Å². The Labute approximate surface area is 249 Å². The summed E-state index contributed by atoms with van der Waals surface area (Å²) in [7, 11) is 5.11. The average Bonchev–Trinajstić information content (AvgIpc) is 2.95. The molecule has 2 aromatic rings. The first-order chi connectivity index (χ1) is 14.3. The van der Waals surface area contributed by atoms with Gasteiger partial charge in [-0.3, -0.25) is 0 Å². The molecule has 3 rings (SSSR count). The van der Waals surface area contributed by atoms with Gasteiger partial charge in [-0.25, -0.2) is 8.78 Å². The van der Waals surface area contributed by atoms with Crippen LogP contribution < -0.4 is 0 Å². The zero-order valence-corrected chi connectivity index (χ0v) is 27.5. The van der Waals surface area contributed by atoms with Gasteiger partial charge in [0.05, 0.1) is 12.2 Å². The molecule has 1 aliphatic rings. The Balaban J connectivity index is -0.000000450. The maximum absolute atomic E-state index is 13.0. The first-order valence-electron chi connectivity index (χ1n) is 9.33. The molecule has 0 fully saturated rings. The van der Waals surface area contributed by atoms with Crippen molar-refractivity contribution >= 4 is 55.6 Å². The van der Waals surface area contributed by atoms with Gasteiger partial charge in [-0.05, 0) is 80.3 Å². The van der Waals surface area contributed by atoms with E-state index in [9.17, 15) is 19.0 Å². The number of hydrogen-bond acceptors (Lipinski definition) is 4. The third-order valence-corrected chi connectivity index (χ3v) is 5.58. The van der Waals surface area contributed by atoms with Gasteiger partial charge in [0, 0.05) is 47.9 Å².